The highest BCUT2D eigenvalue weighted by Gasteiger charge is 2.55. The van der Waals surface area contributed by atoms with Crippen molar-refractivity contribution in [2.24, 2.45) is 0 Å². The van der Waals surface area contributed by atoms with E-state index in [1.807, 2.05) is 70.5 Å². The van der Waals surface area contributed by atoms with Crippen molar-refractivity contribution >= 4 is 17.8 Å². The van der Waals surface area contributed by atoms with Gasteiger partial charge in [-0.1, -0.05) is 60.7 Å². The molecule has 2 aromatic carbocycles. The minimum absolute atomic E-state index is 0.106. The number of anilines is 1. The van der Waals surface area contributed by atoms with Crippen LogP contribution in [-0.4, -0.2) is 57.1 Å². The second kappa shape index (κ2) is 7.81. The first-order valence-corrected chi connectivity index (χ1v) is 10.1. The van der Waals surface area contributed by atoms with Gasteiger partial charge in [0, 0.05) is 25.5 Å². The number of rotatable bonds is 5. The summed E-state index contributed by atoms with van der Waals surface area (Å²) < 4.78 is 0. The summed E-state index contributed by atoms with van der Waals surface area (Å²) >= 11 is 0. The number of nitrogens with one attached hydrogen (secondary N) is 1. The smallest absolute Gasteiger partial charge is 0.277 e. The summed E-state index contributed by atoms with van der Waals surface area (Å²) in [5, 5.41) is 8.70. The molecule has 156 valence electrons. The first kappa shape index (κ1) is 19.2. The van der Waals surface area contributed by atoms with Crippen molar-refractivity contribution in [3.63, 3.8) is 0 Å². The molecule has 2 N–H and O–H groups in total. The topological polar surface area (TPSA) is 98.7 Å². The number of piperazine rings is 1. The zero-order valence-electron chi connectivity index (χ0n) is 16.6. The highest BCUT2D eigenvalue weighted by atomic mass is 16.5. The fraction of sp³-hybridized carbons (Fsp3) is 0.217. The van der Waals surface area contributed by atoms with E-state index in [4.69, 9.17) is 5.21 Å². The second-order valence-electron chi connectivity index (χ2n) is 7.74. The molecule has 0 bridgehead atoms. The van der Waals surface area contributed by atoms with Gasteiger partial charge < -0.3 is 9.80 Å². The molecule has 0 saturated carbocycles. The molecular weight excluding hydrogens is 394 g/mol. The normalized spacial score (nSPS) is 19.3. The van der Waals surface area contributed by atoms with Crippen LogP contribution in [0.2, 0.25) is 0 Å². The van der Waals surface area contributed by atoms with Crippen LogP contribution in [0.5, 0.6) is 0 Å². The average molecular weight is 415 g/mol. The van der Waals surface area contributed by atoms with Crippen molar-refractivity contribution in [3.05, 3.63) is 89.7 Å². The summed E-state index contributed by atoms with van der Waals surface area (Å²) in [5.41, 5.74) is 3.72. The molecule has 2 fully saturated rings. The van der Waals surface area contributed by atoms with Crippen LogP contribution in [0.1, 0.15) is 27.4 Å². The molecule has 3 heterocycles. The number of fused-ring (bicyclic) bond motifs is 1. The number of likely N-dealkylation sites (tertiary alicyclic amines) is 1. The van der Waals surface area contributed by atoms with Crippen LogP contribution in [-0.2, 0) is 4.79 Å². The Morgan fingerprint density at radius 1 is 0.903 bits per heavy atom. The maximum absolute atomic E-state index is 13.5. The fourth-order valence-corrected chi connectivity index (χ4v) is 4.32. The maximum Gasteiger partial charge on any atom is 0.277 e. The molecule has 0 aliphatic carbocycles. The van der Waals surface area contributed by atoms with E-state index in [-0.39, 0.29) is 29.5 Å². The van der Waals surface area contributed by atoms with Crippen molar-refractivity contribution in [1.82, 2.24) is 20.3 Å². The maximum atomic E-state index is 13.5. The molecule has 3 aromatic rings. The highest BCUT2D eigenvalue weighted by molar-refractivity contribution is 5.92. The third kappa shape index (κ3) is 3.30. The number of aromatic nitrogens is 2. The monoisotopic (exact) mass is 415 g/mol. The molecule has 0 spiro atoms. The van der Waals surface area contributed by atoms with E-state index in [2.05, 4.69) is 9.97 Å². The molecule has 2 aliphatic heterocycles. The zero-order valence-corrected chi connectivity index (χ0v) is 16.6. The Balaban J connectivity index is 1.31. The lowest BCUT2D eigenvalue weighted by atomic mass is 9.82. The van der Waals surface area contributed by atoms with Crippen LogP contribution in [0.3, 0.4) is 0 Å². The number of carbonyl (C=O) groups is 2. The van der Waals surface area contributed by atoms with Gasteiger partial charge in [-0.05, 0) is 11.1 Å². The van der Waals surface area contributed by atoms with Gasteiger partial charge in [-0.25, -0.2) is 15.4 Å². The third-order valence-electron chi connectivity index (χ3n) is 6.07. The largest absolute Gasteiger partial charge is 0.333 e. The molecule has 2 atom stereocenters. The minimum atomic E-state index is -0.652. The lowest BCUT2D eigenvalue weighted by Gasteiger charge is -2.62. The van der Waals surface area contributed by atoms with E-state index < -0.39 is 5.91 Å². The Kier molecular flexibility index (Phi) is 4.83. The summed E-state index contributed by atoms with van der Waals surface area (Å²) in [5.74, 6) is -0.356. The van der Waals surface area contributed by atoms with Gasteiger partial charge in [0.25, 0.3) is 5.91 Å². The number of nitrogens with zero attached hydrogens (tertiary/aromatic N) is 4. The predicted octanol–water partition coefficient (Wildman–Crippen LogP) is 1.83. The summed E-state index contributed by atoms with van der Waals surface area (Å²) in [4.78, 5) is 37.4. The minimum Gasteiger partial charge on any atom is -0.333 e. The Labute approximate surface area is 179 Å². The van der Waals surface area contributed by atoms with Gasteiger partial charge in [0.2, 0.25) is 11.9 Å². The SMILES string of the molecule is O=C(NO)c1cnc(N2CC3[C@H]2CN3C(=O)C(c2ccccc2)c2ccccc2)nc1. The number of hydrogen-bond donors (Lipinski definition) is 2. The summed E-state index contributed by atoms with van der Waals surface area (Å²) in [6.45, 7) is 1.26. The second-order valence-corrected chi connectivity index (χ2v) is 7.74. The molecule has 8 nitrogen and oxygen atoms in total. The number of hydrogen-bond acceptors (Lipinski definition) is 6. The van der Waals surface area contributed by atoms with E-state index in [1.165, 1.54) is 12.4 Å². The number of hydroxylamine groups is 1. The van der Waals surface area contributed by atoms with Crippen LogP contribution < -0.4 is 10.4 Å². The standard InChI is InChI=1S/C23H21N5O3/c29-21(26-31)17-11-24-23(25-12-17)28-14-18-19(28)13-27(18)22(30)20(15-7-3-1-4-8-15)16-9-5-2-6-10-16/h1-12,18-20,31H,13-14H2,(H,26,29)/t18?,19-/m1/s1. The lowest BCUT2D eigenvalue weighted by Crippen LogP contribution is -2.80. The van der Waals surface area contributed by atoms with Gasteiger partial charge in [0.1, 0.15) is 0 Å². The summed E-state index contributed by atoms with van der Waals surface area (Å²) in [7, 11) is 0. The fourth-order valence-electron chi connectivity index (χ4n) is 4.32. The van der Waals surface area contributed by atoms with Crippen molar-refractivity contribution < 1.29 is 14.8 Å². The Hall–Kier alpha value is -3.78. The third-order valence-corrected chi connectivity index (χ3v) is 6.07. The first-order chi connectivity index (χ1) is 15.2. The number of amides is 2. The first-order valence-electron chi connectivity index (χ1n) is 10.1. The summed E-state index contributed by atoms with van der Waals surface area (Å²) in [6, 6.07) is 20.0. The molecule has 1 aromatic heterocycles. The van der Waals surface area contributed by atoms with Gasteiger partial charge in [-0.3, -0.25) is 14.8 Å². The Bertz CT molecular complexity index is 1050. The molecule has 1 unspecified atom stereocenters. The van der Waals surface area contributed by atoms with Gasteiger partial charge in [0.15, 0.2) is 0 Å². The van der Waals surface area contributed by atoms with Crippen LogP contribution in [0.25, 0.3) is 0 Å². The van der Waals surface area contributed by atoms with Gasteiger partial charge in [0.05, 0.1) is 23.6 Å². The molecule has 2 aliphatic rings. The van der Waals surface area contributed by atoms with Crippen LogP contribution >= 0.6 is 0 Å². The van der Waals surface area contributed by atoms with E-state index in [0.717, 1.165) is 11.1 Å². The van der Waals surface area contributed by atoms with Crippen molar-refractivity contribution in [2.45, 2.75) is 18.0 Å². The predicted molar refractivity (Wildman–Crippen MR) is 113 cm³/mol. The van der Waals surface area contributed by atoms with Gasteiger partial charge >= 0.3 is 0 Å². The molecule has 31 heavy (non-hydrogen) atoms. The Morgan fingerprint density at radius 2 is 1.48 bits per heavy atom. The molecule has 0 radical (unpaired) electrons. The molecule has 2 amide bonds. The van der Waals surface area contributed by atoms with Crippen LogP contribution in [0.4, 0.5) is 5.95 Å². The molecule has 5 rings (SSSR count). The number of benzene rings is 2. The van der Waals surface area contributed by atoms with Gasteiger partial charge in [-0.2, -0.15) is 0 Å². The van der Waals surface area contributed by atoms with Crippen molar-refractivity contribution in [3.8, 4) is 0 Å². The average Bonchev–Trinajstić information content (AvgIpc) is 2.81. The van der Waals surface area contributed by atoms with E-state index in [0.29, 0.717) is 19.0 Å². The zero-order chi connectivity index (χ0) is 21.4. The van der Waals surface area contributed by atoms with Crippen molar-refractivity contribution in [1.29, 1.82) is 0 Å². The molecule has 2 saturated heterocycles. The quantitative estimate of drug-likeness (QED) is 0.487. The highest BCUT2D eigenvalue weighted by Crippen LogP contribution is 2.39. The van der Waals surface area contributed by atoms with Crippen molar-refractivity contribution in [2.75, 3.05) is 18.0 Å². The van der Waals surface area contributed by atoms with E-state index in [1.54, 1.807) is 5.48 Å². The van der Waals surface area contributed by atoms with Crippen LogP contribution in [0, 0.1) is 0 Å². The van der Waals surface area contributed by atoms with Crippen LogP contribution in [0.15, 0.2) is 73.1 Å². The molecule has 8 heteroatoms. The number of carbonyl (C=O) groups excluding carboxylic acids is 2. The summed E-state index contributed by atoms with van der Waals surface area (Å²) in [6.07, 6.45) is 2.76. The molecular formula is C23H21N5O3. The lowest BCUT2D eigenvalue weighted by molar-refractivity contribution is -0.144. The van der Waals surface area contributed by atoms with E-state index >= 15 is 0 Å². The van der Waals surface area contributed by atoms with Gasteiger partial charge in [-0.15, -0.1) is 0 Å². The Morgan fingerprint density at radius 3 is 1.97 bits per heavy atom. The van der Waals surface area contributed by atoms with E-state index in [9.17, 15) is 9.59 Å².